The minimum atomic E-state index is 0.0262. The summed E-state index contributed by atoms with van der Waals surface area (Å²) in [5.41, 5.74) is 3.13. The Hall–Kier alpha value is -0.720. The van der Waals surface area contributed by atoms with Gasteiger partial charge >= 0.3 is 0 Å². The molecule has 2 aromatic rings. The first-order valence-corrected chi connectivity index (χ1v) is 9.04. The second kappa shape index (κ2) is 8.06. The number of aryl methyl sites for hydroxylation is 1. The first-order chi connectivity index (χ1) is 10.0. The van der Waals surface area contributed by atoms with E-state index in [4.69, 9.17) is 11.6 Å². The van der Waals surface area contributed by atoms with E-state index in [0.29, 0.717) is 5.75 Å². The maximum Gasteiger partial charge on any atom is 0.234 e. The van der Waals surface area contributed by atoms with Crippen LogP contribution in [0.3, 0.4) is 0 Å². The van der Waals surface area contributed by atoms with Gasteiger partial charge in [-0.1, -0.05) is 23.7 Å². The molecule has 21 heavy (non-hydrogen) atoms. The molecule has 2 rings (SSSR count). The predicted octanol–water partition coefficient (Wildman–Crippen LogP) is 5.12. The monoisotopic (exact) mass is 431 g/mol. The largest absolute Gasteiger partial charge is 0.325 e. The van der Waals surface area contributed by atoms with Crippen LogP contribution in [-0.4, -0.2) is 11.7 Å². The lowest BCUT2D eigenvalue weighted by Crippen LogP contribution is -2.15. The van der Waals surface area contributed by atoms with Gasteiger partial charge in [0.15, 0.2) is 0 Å². The first kappa shape index (κ1) is 16.6. The maximum atomic E-state index is 11.9. The van der Waals surface area contributed by atoms with E-state index < -0.39 is 0 Å². The number of halogens is 2. The molecule has 0 heterocycles. The Kier molecular flexibility index (Phi) is 6.39. The van der Waals surface area contributed by atoms with Gasteiger partial charge in [-0.3, -0.25) is 4.79 Å². The van der Waals surface area contributed by atoms with Crippen LogP contribution >= 0.6 is 46.0 Å². The zero-order valence-electron chi connectivity index (χ0n) is 11.5. The lowest BCUT2D eigenvalue weighted by molar-refractivity contribution is -0.113. The van der Waals surface area contributed by atoms with Gasteiger partial charge in [0.05, 0.1) is 5.75 Å². The summed E-state index contributed by atoms with van der Waals surface area (Å²) in [6, 6.07) is 13.7. The molecule has 0 spiro atoms. The van der Waals surface area contributed by atoms with Gasteiger partial charge in [0.2, 0.25) is 5.91 Å². The van der Waals surface area contributed by atoms with Crippen LogP contribution in [0.15, 0.2) is 42.5 Å². The van der Waals surface area contributed by atoms with Crippen LogP contribution in [0.5, 0.6) is 0 Å². The summed E-state index contributed by atoms with van der Waals surface area (Å²) in [7, 11) is 0. The van der Waals surface area contributed by atoms with Gasteiger partial charge < -0.3 is 5.32 Å². The quantitative estimate of drug-likeness (QED) is 0.665. The summed E-state index contributed by atoms with van der Waals surface area (Å²) >= 11 is 9.69. The Balaban J connectivity index is 1.81. The van der Waals surface area contributed by atoms with E-state index in [1.54, 1.807) is 11.8 Å². The molecule has 0 fully saturated rings. The highest BCUT2D eigenvalue weighted by atomic mass is 127. The molecule has 0 atom stereocenters. The van der Waals surface area contributed by atoms with E-state index in [9.17, 15) is 4.79 Å². The Bertz CT molecular complexity index is 631. The maximum absolute atomic E-state index is 11.9. The number of hydrogen-bond donors (Lipinski definition) is 1. The van der Waals surface area contributed by atoms with Gasteiger partial charge in [0.25, 0.3) is 0 Å². The second-order valence-corrected chi connectivity index (χ2v) is 7.29. The summed E-state index contributed by atoms with van der Waals surface area (Å²) in [5.74, 6) is 1.27. The van der Waals surface area contributed by atoms with Gasteiger partial charge in [-0.25, -0.2) is 0 Å². The summed E-state index contributed by atoms with van der Waals surface area (Å²) in [6.45, 7) is 2.00. The molecule has 1 N–H and O–H groups in total. The number of carbonyl (C=O) groups is 1. The molecule has 5 heteroatoms. The van der Waals surface area contributed by atoms with Gasteiger partial charge in [-0.05, 0) is 71.0 Å². The van der Waals surface area contributed by atoms with Crippen LogP contribution in [0.25, 0.3) is 0 Å². The van der Waals surface area contributed by atoms with Crippen molar-refractivity contribution in [3.05, 3.63) is 62.2 Å². The standard InChI is InChI=1S/C16H15ClINOS/c1-11-8-14(18)6-7-15(11)19-16(20)10-21-9-12-2-4-13(17)5-3-12/h2-8H,9-10H2,1H3,(H,19,20). The number of nitrogens with one attached hydrogen (secondary N) is 1. The van der Waals surface area contributed by atoms with E-state index in [2.05, 4.69) is 34.0 Å². The van der Waals surface area contributed by atoms with Gasteiger partial charge in [0, 0.05) is 20.0 Å². The van der Waals surface area contributed by atoms with Crippen LogP contribution in [0.4, 0.5) is 5.69 Å². The highest BCUT2D eigenvalue weighted by molar-refractivity contribution is 14.1. The molecule has 0 aliphatic rings. The number of rotatable bonds is 5. The molecule has 0 aliphatic carbocycles. The van der Waals surface area contributed by atoms with E-state index in [0.717, 1.165) is 22.0 Å². The van der Waals surface area contributed by atoms with Crippen molar-refractivity contribution in [1.29, 1.82) is 0 Å². The van der Waals surface area contributed by atoms with Crippen molar-refractivity contribution in [1.82, 2.24) is 0 Å². The fourth-order valence-electron chi connectivity index (χ4n) is 1.80. The Morgan fingerprint density at radius 2 is 1.95 bits per heavy atom. The summed E-state index contributed by atoms with van der Waals surface area (Å²) < 4.78 is 1.17. The molecule has 0 saturated carbocycles. The van der Waals surface area contributed by atoms with Crippen LogP contribution in [-0.2, 0) is 10.5 Å². The van der Waals surface area contributed by atoms with Crippen molar-refractivity contribution in [3.63, 3.8) is 0 Å². The molecule has 0 unspecified atom stereocenters. The number of benzene rings is 2. The summed E-state index contributed by atoms with van der Waals surface area (Å²) in [6.07, 6.45) is 0. The molecule has 0 radical (unpaired) electrons. The van der Waals surface area contributed by atoms with Crippen LogP contribution in [0.1, 0.15) is 11.1 Å². The third-order valence-corrected chi connectivity index (χ3v) is 4.80. The average molecular weight is 432 g/mol. The number of anilines is 1. The molecule has 0 bridgehead atoms. The lowest BCUT2D eigenvalue weighted by Gasteiger charge is -2.08. The van der Waals surface area contributed by atoms with E-state index in [1.807, 2.05) is 43.3 Å². The van der Waals surface area contributed by atoms with Gasteiger partial charge in [0.1, 0.15) is 0 Å². The molecule has 2 nitrogen and oxygen atoms in total. The minimum Gasteiger partial charge on any atom is -0.325 e. The van der Waals surface area contributed by atoms with Gasteiger partial charge in [-0.2, -0.15) is 0 Å². The zero-order chi connectivity index (χ0) is 15.2. The normalized spacial score (nSPS) is 10.4. The van der Waals surface area contributed by atoms with E-state index in [-0.39, 0.29) is 5.91 Å². The third-order valence-electron chi connectivity index (χ3n) is 2.88. The van der Waals surface area contributed by atoms with Crippen LogP contribution in [0, 0.1) is 10.5 Å². The lowest BCUT2D eigenvalue weighted by atomic mass is 10.2. The van der Waals surface area contributed by atoms with Crippen molar-refractivity contribution in [2.45, 2.75) is 12.7 Å². The Morgan fingerprint density at radius 1 is 1.24 bits per heavy atom. The van der Waals surface area contributed by atoms with E-state index >= 15 is 0 Å². The fourth-order valence-corrected chi connectivity index (χ4v) is 3.36. The molecule has 0 aliphatic heterocycles. The summed E-state index contributed by atoms with van der Waals surface area (Å²) in [5, 5.41) is 3.68. The molecule has 0 saturated heterocycles. The van der Waals surface area contributed by atoms with Crippen LogP contribution < -0.4 is 5.32 Å². The van der Waals surface area contributed by atoms with Crippen molar-refractivity contribution in [3.8, 4) is 0 Å². The van der Waals surface area contributed by atoms with Crippen molar-refractivity contribution < 1.29 is 4.79 Å². The first-order valence-electron chi connectivity index (χ1n) is 6.43. The van der Waals surface area contributed by atoms with Gasteiger partial charge in [-0.15, -0.1) is 11.8 Å². The Labute approximate surface area is 147 Å². The summed E-state index contributed by atoms with van der Waals surface area (Å²) in [4.78, 5) is 11.9. The third kappa shape index (κ3) is 5.52. The van der Waals surface area contributed by atoms with Crippen molar-refractivity contribution in [2.75, 3.05) is 11.1 Å². The number of thioether (sulfide) groups is 1. The SMILES string of the molecule is Cc1cc(I)ccc1NC(=O)CSCc1ccc(Cl)cc1. The predicted molar refractivity (Wildman–Crippen MR) is 100 cm³/mol. The number of hydrogen-bond acceptors (Lipinski definition) is 2. The molecule has 110 valence electrons. The topological polar surface area (TPSA) is 29.1 Å². The molecule has 2 aromatic carbocycles. The van der Waals surface area contributed by atoms with Crippen molar-refractivity contribution in [2.24, 2.45) is 0 Å². The molecule has 1 amide bonds. The highest BCUT2D eigenvalue weighted by Gasteiger charge is 2.05. The fraction of sp³-hybridized carbons (Fsp3) is 0.188. The molecular weight excluding hydrogens is 417 g/mol. The average Bonchev–Trinajstić information content (AvgIpc) is 2.44. The van der Waals surface area contributed by atoms with Crippen molar-refractivity contribution >= 4 is 57.5 Å². The minimum absolute atomic E-state index is 0.0262. The highest BCUT2D eigenvalue weighted by Crippen LogP contribution is 2.19. The van der Waals surface area contributed by atoms with E-state index in [1.165, 1.54) is 9.13 Å². The number of amides is 1. The second-order valence-electron chi connectivity index (χ2n) is 4.63. The van der Waals surface area contributed by atoms with Crippen LogP contribution in [0.2, 0.25) is 5.02 Å². The molecular formula is C16H15ClINOS. The Morgan fingerprint density at radius 3 is 2.62 bits per heavy atom. The smallest absolute Gasteiger partial charge is 0.234 e. The zero-order valence-corrected chi connectivity index (χ0v) is 15.3. The molecule has 0 aromatic heterocycles. The number of carbonyl (C=O) groups excluding carboxylic acids is 1.